The number of carbonyl (C=O) groups excluding carboxylic acids is 2. The molecule has 0 bridgehead atoms. The van der Waals surface area contributed by atoms with Gasteiger partial charge in [-0.25, -0.2) is 9.07 Å². The van der Waals surface area contributed by atoms with E-state index in [2.05, 4.69) is 22.7 Å². The van der Waals surface area contributed by atoms with Gasteiger partial charge in [0, 0.05) is 17.8 Å². The third kappa shape index (κ3) is 4.36. The zero-order valence-electron chi connectivity index (χ0n) is 18.2. The molecule has 1 aromatic carbocycles. The fourth-order valence-corrected chi connectivity index (χ4v) is 4.80. The van der Waals surface area contributed by atoms with Crippen molar-refractivity contribution < 1.29 is 14.0 Å². The number of halogens is 1. The third-order valence-electron chi connectivity index (χ3n) is 6.53. The SMILES string of the molecule is CCCCNC(=O)C1(NC(=O)c2nn(-c3ccc(F)cc3)c3c2CCC3)CCCCC1. The van der Waals surface area contributed by atoms with Gasteiger partial charge < -0.3 is 10.6 Å². The van der Waals surface area contributed by atoms with E-state index in [1.165, 1.54) is 12.1 Å². The number of hydrogen-bond donors (Lipinski definition) is 2. The highest BCUT2D eigenvalue weighted by atomic mass is 19.1. The monoisotopic (exact) mass is 426 g/mol. The van der Waals surface area contributed by atoms with Gasteiger partial charge in [-0.05, 0) is 62.8 Å². The second-order valence-corrected chi connectivity index (χ2v) is 8.72. The van der Waals surface area contributed by atoms with E-state index in [4.69, 9.17) is 0 Å². The van der Waals surface area contributed by atoms with Crippen LogP contribution >= 0.6 is 0 Å². The van der Waals surface area contributed by atoms with Crippen LogP contribution in [0.25, 0.3) is 5.69 Å². The predicted octanol–water partition coefficient (Wildman–Crippen LogP) is 3.85. The average Bonchev–Trinajstić information content (AvgIpc) is 3.38. The summed E-state index contributed by atoms with van der Waals surface area (Å²) in [5, 5.41) is 10.7. The molecule has 0 aliphatic heterocycles. The molecule has 1 aromatic heterocycles. The van der Waals surface area contributed by atoms with Gasteiger partial charge in [-0.3, -0.25) is 9.59 Å². The summed E-state index contributed by atoms with van der Waals surface area (Å²) in [6.45, 7) is 2.71. The number of nitrogens with zero attached hydrogens (tertiary/aromatic N) is 2. The van der Waals surface area contributed by atoms with Crippen LogP contribution in [0.5, 0.6) is 0 Å². The van der Waals surface area contributed by atoms with E-state index < -0.39 is 5.54 Å². The van der Waals surface area contributed by atoms with Crippen LogP contribution in [-0.4, -0.2) is 33.7 Å². The van der Waals surface area contributed by atoms with Gasteiger partial charge in [0.05, 0.1) is 5.69 Å². The van der Waals surface area contributed by atoms with Gasteiger partial charge in [0.25, 0.3) is 5.91 Å². The quantitative estimate of drug-likeness (QED) is 0.661. The van der Waals surface area contributed by atoms with Crippen molar-refractivity contribution in [1.82, 2.24) is 20.4 Å². The summed E-state index contributed by atoms with van der Waals surface area (Å²) in [4.78, 5) is 26.5. The zero-order chi connectivity index (χ0) is 21.8. The Morgan fingerprint density at radius 3 is 2.55 bits per heavy atom. The minimum Gasteiger partial charge on any atom is -0.354 e. The summed E-state index contributed by atoms with van der Waals surface area (Å²) in [5.74, 6) is -0.672. The van der Waals surface area contributed by atoms with E-state index in [-0.39, 0.29) is 17.6 Å². The molecule has 2 aliphatic rings. The number of rotatable bonds is 7. The Morgan fingerprint density at radius 1 is 1.10 bits per heavy atom. The van der Waals surface area contributed by atoms with E-state index in [0.29, 0.717) is 25.1 Å². The highest BCUT2D eigenvalue weighted by molar-refractivity contribution is 5.99. The summed E-state index contributed by atoms with van der Waals surface area (Å²) < 4.78 is 15.1. The third-order valence-corrected chi connectivity index (χ3v) is 6.53. The summed E-state index contributed by atoms with van der Waals surface area (Å²) in [6.07, 6.45) is 8.72. The van der Waals surface area contributed by atoms with Gasteiger partial charge in [-0.15, -0.1) is 0 Å². The smallest absolute Gasteiger partial charge is 0.272 e. The number of benzene rings is 1. The number of carbonyl (C=O) groups is 2. The van der Waals surface area contributed by atoms with Crippen LogP contribution in [0.2, 0.25) is 0 Å². The lowest BCUT2D eigenvalue weighted by Gasteiger charge is -2.36. The number of unbranched alkanes of at least 4 members (excludes halogenated alkanes) is 1. The van der Waals surface area contributed by atoms with Crippen molar-refractivity contribution in [1.29, 1.82) is 0 Å². The molecule has 1 heterocycles. The van der Waals surface area contributed by atoms with Crippen LogP contribution in [0.3, 0.4) is 0 Å². The van der Waals surface area contributed by atoms with Crippen molar-refractivity contribution in [2.75, 3.05) is 6.54 Å². The summed E-state index contributed by atoms with van der Waals surface area (Å²) in [5.41, 5.74) is 2.21. The summed E-state index contributed by atoms with van der Waals surface area (Å²) >= 11 is 0. The Kier molecular flexibility index (Phi) is 6.39. The molecule has 1 saturated carbocycles. The molecule has 0 radical (unpaired) electrons. The first kappa shape index (κ1) is 21.5. The normalized spacial score (nSPS) is 17.2. The molecule has 31 heavy (non-hydrogen) atoms. The van der Waals surface area contributed by atoms with Gasteiger partial charge in [0.1, 0.15) is 11.4 Å². The molecule has 166 valence electrons. The Balaban J connectivity index is 1.60. The van der Waals surface area contributed by atoms with Crippen LogP contribution < -0.4 is 10.6 Å². The van der Waals surface area contributed by atoms with Gasteiger partial charge in [0.2, 0.25) is 5.91 Å². The highest BCUT2D eigenvalue weighted by Crippen LogP contribution is 2.31. The predicted molar refractivity (Wildman–Crippen MR) is 117 cm³/mol. The van der Waals surface area contributed by atoms with Crippen molar-refractivity contribution in [3.8, 4) is 5.69 Å². The molecule has 0 atom stereocenters. The molecule has 2 amide bonds. The first-order valence-electron chi connectivity index (χ1n) is 11.5. The van der Waals surface area contributed by atoms with Crippen LogP contribution in [0.4, 0.5) is 4.39 Å². The second kappa shape index (κ2) is 9.20. The molecule has 6 nitrogen and oxygen atoms in total. The number of hydrogen-bond acceptors (Lipinski definition) is 3. The van der Waals surface area contributed by atoms with Gasteiger partial charge in [-0.1, -0.05) is 32.6 Å². The molecular formula is C24H31FN4O2. The van der Waals surface area contributed by atoms with Gasteiger partial charge in [0.15, 0.2) is 5.69 Å². The van der Waals surface area contributed by atoms with Crippen LogP contribution in [0, 0.1) is 5.82 Å². The Morgan fingerprint density at radius 2 is 1.84 bits per heavy atom. The number of amides is 2. The minimum atomic E-state index is -0.867. The lowest BCUT2D eigenvalue weighted by molar-refractivity contribution is -0.128. The van der Waals surface area contributed by atoms with Crippen molar-refractivity contribution in [2.45, 2.75) is 76.7 Å². The first-order chi connectivity index (χ1) is 15.0. The van der Waals surface area contributed by atoms with Crippen LogP contribution in [0.15, 0.2) is 24.3 Å². The molecule has 0 spiro atoms. The standard InChI is InChI=1S/C24H31FN4O2/c1-2-3-16-26-23(31)24(14-5-4-6-15-24)27-22(30)21-19-8-7-9-20(19)29(28-21)18-12-10-17(25)11-13-18/h10-13H,2-9,14-16H2,1H3,(H,26,31)(H,27,30). The molecule has 0 unspecified atom stereocenters. The van der Waals surface area contributed by atoms with E-state index in [1.54, 1.807) is 16.8 Å². The van der Waals surface area contributed by atoms with Crippen molar-refractivity contribution >= 4 is 11.8 Å². The lowest BCUT2D eigenvalue weighted by atomic mass is 9.80. The van der Waals surface area contributed by atoms with Gasteiger partial charge >= 0.3 is 0 Å². The number of aromatic nitrogens is 2. The number of nitrogens with one attached hydrogen (secondary N) is 2. The average molecular weight is 427 g/mol. The topological polar surface area (TPSA) is 76.0 Å². The zero-order valence-corrected chi connectivity index (χ0v) is 18.2. The van der Waals surface area contributed by atoms with E-state index in [1.807, 2.05) is 0 Å². The molecular weight excluding hydrogens is 395 g/mol. The summed E-state index contributed by atoms with van der Waals surface area (Å²) in [6, 6.07) is 6.14. The molecule has 4 rings (SSSR count). The molecule has 7 heteroatoms. The van der Waals surface area contributed by atoms with E-state index >= 15 is 0 Å². The maximum atomic E-state index is 13.4. The molecule has 2 N–H and O–H groups in total. The molecule has 1 fully saturated rings. The first-order valence-corrected chi connectivity index (χ1v) is 11.5. The summed E-state index contributed by atoms with van der Waals surface area (Å²) in [7, 11) is 0. The maximum absolute atomic E-state index is 13.4. The molecule has 2 aliphatic carbocycles. The van der Waals surface area contributed by atoms with Crippen LogP contribution in [-0.2, 0) is 17.6 Å². The Bertz CT molecular complexity index is 945. The highest BCUT2D eigenvalue weighted by Gasteiger charge is 2.42. The van der Waals surface area contributed by atoms with Crippen molar-refractivity contribution in [3.05, 3.63) is 47.0 Å². The largest absolute Gasteiger partial charge is 0.354 e. The van der Waals surface area contributed by atoms with Gasteiger partial charge in [-0.2, -0.15) is 5.10 Å². The minimum absolute atomic E-state index is 0.0800. The Labute approximate surface area is 182 Å². The van der Waals surface area contributed by atoms with E-state index in [9.17, 15) is 14.0 Å². The van der Waals surface area contributed by atoms with Crippen LogP contribution in [0.1, 0.15) is 80.0 Å². The molecule has 2 aromatic rings. The maximum Gasteiger partial charge on any atom is 0.272 e. The number of fused-ring (bicyclic) bond motifs is 1. The lowest BCUT2D eigenvalue weighted by Crippen LogP contribution is -2.60. The fourth-order valence-electron chi connectivity index (χ4n) is 4.80. The molecule has 0 saturated heterocycles. The van der Waals surface area contributed by atoms with Crippen molar-refractivity contribution in [3.63, 3.8) is 0 Å². The second-order valence-electron chi connectivity index (χ2n) is 8.72. The van der Waals surface area contributed by atoms with Crippen molar-refractivity contribution in [2.24, 2.45) is 0 Å². The fraction of sp³-hybridized carbons (Fsp3) is 0.542. The van der Waals surface area contributed by atoms with E-state index in [0.717, 1.165) is 68.3 Å². The Hall–Kier alpha value is -2.70.